The van der Waals surface area contributed by atoms with Crippen LogP contribution >= 0.6 is 0 Å². The van der Waals surface area contributed by atoms with Crippen LogP contribution in [0.1, 0.15) is 25.1 Å². The molecule has 0 unspecified atom stereocenters. The molecule has 0 amide bonds. The average molecular weight is 456 g/mol. The number of hydrogen-bond donors (Lipinski definition) is 1. The van der Waals surface area contributed by atoms with E-state index in [1.165, 1.54) is 0 Å². The van der Waals surface area contributed by atoms with Crippen molar-refractivity contribution in [2.75, 3.05) is 20.1 Å². The second kappa shape index (κ2) is 8.58. The fraction of sp³-hybridized carbons (Fsp3) is 0.391. The van der Waals surface area contributed by atoms with E-state index >= 15 is 0 Å². The Kier molecular flexibility index (Phi) is 5.61. The minimum atomic E-state index is -4.23. The van der Waals surface area contributed by atoms with Crippen molar-refractivity contribution in [3.8, 4) is 17.0 Å². The van der Waals surface area contributed by atoms with Crippen molar-refractivity contribution in [2.45, 2.75) is 38.0 Å². The van der Waals surface area contributed by atoms with Gasteiger partial charge in [0.25, 0.3) is 0 Å². The monoisotopic (exact) mass is 456 g/mol. The predicted molar refractivity (Wildman–Crippen MR) is 118 cm³/mol. The first-order valence-corrected chi connectivity index (χ1v) is 10.9. The molecule has 1 N–H and O–H groups in total. The first kappa shape index (κ1) is 21.6. The summed E-state index contributed by atoms with van der Waals surface area (Å²) in [6.45, 7) is 1.99. The van der Waals surface area contributed by atoms with E-state index in [-0.39, 0.29) is 18.3 Å². The number of benzene rings is 1. The van der Waals surface area contributed by atoms with Crippen LogP contribution in [-0.4, -0.2) is 62.2 Å². The fourth-order valence-electron chi connectivity index (χ4n) is 4.05. The van der Waals surface area contributed by atoms with E-state index in [0.29, 0.717) is 17.0 Å². The van der Waals surface area contributed by atoms with Crippen molar-refractivity contribution in [2.24, 2.45) is 0 Å². The largest absolute Gasteiger partial charge is 0.473 e. The number of fused-ring (bicyclic) bond motifs is 2. The fourth-order valence-corrected chi connectivity index (χ4v) is 4.05. The molecule has 0 spiro atoms. The van der Waals surface area contributed by atoms with Crippen LogP contribution in [0.2, 0.25) is 0 Å². The highest BCUT2D eigenvalue weighted by Crippen LogP contribution is 2.30. The summed E-state index contributed by atoms with van der Waals surface area (Å²) in [6.07, 6.45) is 1.61. The summed E-state index contributed by atoms with van der Waals surface area (Å²) in [5.41, 5.74) is 3.68. The lowest BCUT2D eigenvalue weighted by atomic mass is 10.1. The van der Waals surface area contributed by atoms with Gasteiger partial charge in [-0.05, 0) is 37.6 Å². The van der Waals surface area contributed by atoms with Gasteiger partial charge in [-0.2, -0.15) is 13.2 Å². The first-order valence-electron chi connectivity index (χ1n) is 10.9. The van der Waals surface area contributed by atoms with Gasteiger partial charge in [0, 0.05) is 42.9 Å². The number of piperidine rings is 1. The minimum absolute atomic E-state index is 0.133. The van der Waals surface area contributed by atoms with Crippen molar-refractivity contribution in [1.82, 2.24) is 29.8 Å². The number of alkyl halides is 3. The summed E-state index contributed by atoms with van der Waals surface area (Å²) < 4.78 is 43.6. The van der Waals surface area contributed by atoms with Gasteiger partial charge < -0.3 is 14.6 Å². The average Bonchev–Trinajstić information content (AvgIpc) is 3.21. The summed E-state index contributed by atoms with van der Waals surface area (Å²) in [4.78, 5) is 22.8. The van der Waals surface area contributed by atoms with Crippen LogP contribution in [0.15, 0.2) is 36.8 Å². The van der Waals surface area contributed by atoms with Gasteiger partial charge in [-0.15, -0.1) is 0 Å². The van der Waals surface area contributed by atoms with Crippen molar-refractivity contribution in [1.29, 1.82) is 0 Å². The van der Waals surface area contributed by atoms with Crippen LogP contribution in [0.5, 0.6) is 5.88 Å². The van der Waals surface area contributed by atoms with Crippen LogP contribution < -0.4 is 4.74 Å². The Labute approximate surface area is 188 Å². The molecule has 4 heterocycles. The van der Waals surface area contributed by atoms with E-state index in [2.05, 4.69) is 36.9 Å². The highest BCUT2D eigenvalue weighted by atomic mass is 19.4. The second-order valence-corrected chi connectivity index (χ2v) is 8.40. The van der Waals surface area contributed by atoms with Gasteiger partial charge in [0.1, 0.15) is 17.6 Å². The Morgan fingerprint density at radius 3 is 2.70 bits per heavy atom. The SMILES string of the molecule is CN1CCC(Oc2cnc3ccc(-c4c[nH]c5nc(CCC(F)(F)F)ncc45)cc3n2)CC1. The van der Waals surface area contributed by atoms with Gasteiger partial charge in [0.15, 0.2) is 0 Å². The Hall–Kier alpha value is -3.27. The molecule has 0 saturated carbocycles. The van der Waals surface area contributed by atoms with Gasteiger partial charge >= 0.3 is 6.18 Å². The maximum atomic E-state index is 12.5. The molecule has 172 valence electrons. The molecule has 4 aromatic rings. The molecular weight excluding hydrogens is 433 g/mol. The Bertz CT molecular complexity index is 1280. The van der Waals surface area contributed by atoms with Crippen molar-refractivity contribution >= 4 is 22.1 Å². The molecule has 7 nitrogen and oxygen atoms in total. The highest BCUT2D eigenvalue weighted by Gasteiger charge is 2.27. The number of rotatable bonds is 5. The number of aromatic nitrogens is 5. The summed E-state index contributed by atoms with van der Waals surface area (Å²) in [5.74, 6) is 0.666. The third-order valence-corrected chi connectivity index (χ3v) is 5.90. The molecule has 10 heteroatoms. The molecule has 0 bridgehead atoms. The molecule has 0 radical (unpaired) electrons. The molecule has 1 aliphatic rings. The zero-order valence-electron chi connectivity index (χ0n) is 18.1. The van der Waals surface area contributed by atoms with Gasteiger partial charge in [0.05, 0.1) is 23.7 Å². The molecule has 33 heavy (non-hydrogen) atoms. The van der Waals surface area contributed by atoms with E-state index in [9.17, 15) is 13.2 Å². The van der Waals surface area contributed by atoms with Crippen LogP contribution in [0, 0.1) is 0 Å². The molecule has 1 saturated heterocycles. The minimum Gasteiger partial charge on any atom is -0.473 e. The van der Waals surface area contributed by atoms with E-state index in [4.69, 9.17) is 4.74 Å². The maximum absolute atomic E-state index is 12.5. The lowest BCUT2D eigenvalue weighted by Crippen LogP contribution is -2.35. The van der Waals surface area contributed by atoms with Crippen LogP contribution in [-0.2, 0) is 6.42 Å². The third-order valence-electron chi connectivity index (χ3n) is 5.90. The summed E-state index contributed by atoms with van der Waals surface area (Å²) >= 11 is 0. The van der Waals surface area contributed by atoms with E-state index in [0.717, 1.165) is 48.0 Å². The molecule has 1 fully saturated rings. The Morgan fingerprint density at radius 1 is 1.09 bits per heavy atom. The zero-order valence-corrected chi connectivity index (χ0v) is 18.1. The van der Waals surface area contributed by atoms with E-state index in [1.807, 2.05) is 18.2 Å². The van der Waals surface area contributed by atoms with Crippen LogP contribution in [0.3, 0.4) is 0 Å². The lowest BCUT2D eigenvalue weighted by Gasteiger charge is -2.28. The third kappa shape index (κ3) is 4.90. The number of aryl methyl sites for hydroxylation is 1. The normalized spacial score (nSPS) is 16.0. The van der Waals surface area contributed by atoms with Crippen molar-refractivity contribution in [3.05, 3.63) is 42.6 Å². The first-order chi connectivity index (χ1) is 15.8. The van der Waals surface area contributed by atoms with E-state index in [1.54, 1.807) is 18.6 Å². The molecule has 1 aromatic carbocycles. The molecule has 3 aromatic heterocycles. The number of H-pyrrole nitrogens is 1. The summed E-state index contributed by atoms with van der Waals surface area (Å²) in [5, 5.41) is 0.733. The summed E-state index contributed by atoms with van der Waals surface area (Å²) in [7, 11) is 2.10. The van der Waals surface area contributed by atoms with Gasteiger partial charge in [-0.1, -0.05) is 6.07 Å². The molecule has 0 atom stereocenters. The number of hydrogen-bond acceptors (Lipinski definition) is 6. The van der Waals surface area contributed by atoms with Crippen molar-refractivity contribution < 1.29 is 17.9 Å². The number of nitrogens with one attached hydrogen (secondary N) is 1. The van der Waals surface area contributed by atoms with Crippen molar-refractivity contribution in [3.63, 3.8) is 0 Å². The second-order valence-electron chi connectivity index (χ2n) is 8.40. The number of nitrogens with zero attached hydrogens (tertiary/aromatic N) is 5. The number of aromatic amines is 1. The maximum Gasteiger partial charge on any atom is 0.389 e. The van der Waals surface area contributed by atoms with Gasteiger partial charge in [-0.25, -0.2) is 19.9 Å². The molecule has 0 aliphatic carbocycles. The lowest BCUT2D eigenvalue weighted by molar-refractivity contribution is -0.134. The Balaban J connectivity index is 1.39. The standard InChI is InChI=1S/C23H23F3N6O/c1-32-8-5-15(6-9-32)33-21-13-27-18-3-2-14(10-19(18)30-21)16-11-29-22-17(16)12-28-20(31-22)4-7-23(24,25)26/h2-3,10-13,15H,4-9H2,1H3,(H,28,29,31). The quantitative estimate of drug-likeness (QED) is 0.475. The zero-order chi connectivity index (χ0) is 23.0. The topological polar surface area (TPSA) is 79.8 Å². The smallest absolute Gasteiger partial charge is 0.389 e. The summed E-state index contributed by atoms with van der Waals surface area (Å²) in [6, 6.07) is 5.73. The highest BCUT2D eigenvalue weighted by molar-refractivity contribution is 5.95. The number of likely N-dealkylation sites (tertiary alicyclic amines) is 1. The van der Waals surface area contributed by atoms with Crippen LogP contribution in [0.4, 0.5) is 13.2 Å². The number of halogens is 3. The molecule has 1 aliphatic heterocycles. The Morgan fingerprint density at radius 2 is 1.91 bits per heavy atom. The van der Waals surface area contributed by atoms with Gasteiger partial charge in [0.2, 0.25) is 5.88 Å². The van der Waals surface area contributed by atoms with E-state index < -0.39 is 12.6 Å². The molecule has 5 rings (SSSR count). The number of ether oxygens (including phenoxy) is 1. The van der Waals surface area contributed by atoms with Gasteiger partial charge in [-0.3, -0.25) is 0 Å². The molecular formula is C23H23F3N6O. The van der Waals surface area contributed by atoms with Crippen LogP contribution in [0.25, 0.3) is 33.2 Å². The predicted octanol–water partition coefficient (Wildman–Crippen LogP) is 4.54.